The number of hydrogen-bond donors (Lipinski definition) is 2. The molecule has 1 aliphatic rings. The Bertz CT molecular complexity index is 2980. The van der Waals surface area contributed by atoms with Crippen LogP contribution in [0.5, 0.6) is 0 Å². The van der Waals surface area contributed by atoms with Crippen molar-refractivity contribution < 1.29 is 0 Å². The lowest BCUT2D eigenvalue weighted by Crippen LogP contribution is -2.19. The Kier molecular flexibility index (Phi) is 8.12. The Balaban J connectivity index is 1.17. The van der Waals surface area contributed by atoms with Crippen LogP contribution in [-0.2, 0) is 0 Å². The van der Waals surface area contributed by atoms with Gasteiger partial charge in [0.2, 0.25) is 0 Å². The highest BCUT2D eigenvalue weighted by Crippen LogP contribution is 2.46. The SMILES string of the molecule is N=C1/C(=N\Nc2ccccc2)C=Cc2ccc3ccc(N(c4ccc5c(c4)sc4ccccc45)c4ccccc4-c4ccccc4-c4ccccc4)cc3c21. The van der Waals surface area contributed by atoms with Gasteiger partial charge in [-0.2, -0.15) is 5.10 Å². The first-order chi connectivity index (χ1) is 27.2. The maximum absolute atomic E-state index is 9.44. The van der Waals surface area contributed by atoms with Gasteiger partial charge in [-0.1, -0.05) is 140 Å². The summed E-state index contributed by atoms with van der Waals surface area (Å²) in [7, 11) is 0. The molecule has 5 heteroatoms. The van der Waals surface area contributed by atoms with E-state index < -0.39 is 0 Å². The van der Waals surface area contributed by atoms with Crippen LogP contribution in [0.4, 0.5) is 22.7 Å². The normalized spacial score (nSPS) is 13.1. The molecule has 0 unspecified atom stereocenters. The van der Waals surface area contributed by atoms with E-state index in [1.807, 2.05) is 47.7 Å². The Morgan fingerprint density at radius 1 is 0.509 bits per heavy atom. The van der Waals surface area contributed by atoms with Crippen molar-refractivity contribution in [3.63, 3.8) is 0 Å². The zero-order valence-corrected chi connectivity index (χ0v) is 30.6. The fraction of sp³-hybridized carbons (Fsp3) is 0. The summed E-state index contributed by atoms with van der Waals surface area (Å²) >= 11 is 1.83. The lowest BCUT2D eigenvalue weighted by Gasteiger charge is -2.29. The number of allylic oxidation sites excluding steroid dienone is 1. The van der Waals surface area contributed by atoms with Gasteiger partial charge >= 0.3 is 0 Å². The van der Waals surface area contributed by atoms with Gasteiger partial charge in [-0.3, -0.25) is 10.8 Å². The average Bonchev–Trinajstić information content (AvgIpc) is 3.62. The number of anilines is 4. The molecule has 0 bridgehead atoms. The highest BCUT2D eigenvalue weighted by molar-refractivity contribution is 7.25. The van der Waals surface area contributed by atoms with Crippen LogP contribution in [0.1, 0.15) is 11.1 Å². The molecule has 0 saturated heterocycles. The number of thiophene rings is 1. The van der Waals surface area contributed by atoms with E-state index in [1.165, 1.54) is 31.3 Å². The maximum Gasteiger partial charge on any atom is 0.109 e. The fourth-order valence-corrected chi connectivity index (χ4v) is 8.90. The van der Waals surface area contributed by atoms with Crippen molar-refractivity contribution in [3.05, 3.63) is 199 Å². The minimum Gasteiger partial charge on any atom is -0.310 e. The van der Waals surface area contributed by atoms with Gasteiger partial charge < -0.3 is 4.90 Å². The second kappa shape index (κ2) is 13.7. The van der Waals surface area contributed by atoms with Crippen LogP contribution in [0, 0.1) is 5.41 Å². The number of nitrogens with one attached hydrogen (secondary N) is 2. The molecule has 260 valence electrons. The highest BCUT2D eigenvalue weighted by Gasteiger charge is 2.23. The molecule has 0 fully saturated rings. The van der Waals surface area contributed by atoms with E-state index in [0.717, 1.165) is 55.8 Å². The molecule has 4 nitrogen and oxygen atoms in total. The zero-order chi connectivity index (χ0) is 36.7. The van der Waals surface area contributed by atoms with E-state index in [-0.39, 0.29) is 0 Å². The quantitative estimate of drug-likeness (QED) is 0.161. The number of hydrazone groups is 1. The predicted molar refractivity (Wildman–Crippen MR) is 236 cm³/mol. The number of hydrogen-bond acceptors (Lipinski definition) is 5. The van der Waals surface area contributed by atoms with E-state index in [4.69, 9.17) is 0 Å². The van der Waals surface area contributed by atoms with Crippen molar-refractivity contribution in [1.82, 2.24) is 0 Å². The first kappa shape index (κ1) is 32.6. The molecule has 55 heavy (non-hydrogen) atoms. The summed E-state index contributed by atoms with van der Waals surface area (Å²) < 4.78 is 2.52. The Labute approximate surface area is 323 Å². The number of rotatable bonds is 7. The van der Waals surface area contributed by atoms with Crippen LogP contribution < -0.4 is 10.3 Å². The zero-order valence-electron chi connectivity index (χ0n) is 29.8. The third-order valence-corrected chi connectivity index (χ3v) is 11.5. The molecule has 1 heterocycles. The predicted octanol–water partition coefficient (Wildman–Crippen LogP) is 13.9. The van der Waals surface area contributed by atoms with Crippen molar-refractivity contribution >= 4 is 82.5 Å². The van der Waals surface area contributed by atoms with Gasteiger partial charge in [0.05, 0.1) is 17.1 Å². The molecule has 10 rings (SSSR count). The van der Waals surface area contributed by atoms with E-state index in [0.29, 0.717) is 11.4 Å². The van der Waals surface area contributed by atoms with Crippen LogP contribution >= 0.6 is 11.3 Å². The largest absolute Gasteiger partial charge is 0.310 e. The number of fused-ring (bicyclic) bond motifs is 6. The molecule has 9 aromatic rings. The molecule has 1 aromatic heterocycles. The monoisotopic (exact) mass is 722 g/mol. The standard InChI is InChI=1S/C50H34N4S/c51-50-45(53-52-36-15-5-2-6-16-36)30-26-35-24-23-34-25-27-37(31-44(34)49(35)50)54(38-28-29-43-42-20-10-12-22-47(42)55-48(43)32-38)46-21-11-9-19-41(46)40-18-8-7-17-39(40)33-13-3-1-4-14-33/h1-32,51-52H/b51-50?,53-45-. The summed E-state index contributed by atoms with van der Waals surface area (Å²) in [6.07, 6.45) is 3.98. The lowest BCUT2D eigenvalue weighted by molar-refractivity contribution is 1.29. The molecular formula is C50H34N4S. The summed E-state index contributed by atoms with van der Waals surface area (Å²) in [5, 5.41) is 18.7. The van der Waals surface area contributed by atoms with Crippen LogP contribution in [0.15, 0.2) is 193 Å². The molecule has 0 aliphatic heterocycles. The second-order valence-corrected chi connectivity index (χ2v) is 14.7. The first-order valence-electron chi connectivity index (χ1n) is 18.4. The van der Waals surface area contributed by atoms with Crippen molar-refractivity contribution in [2.45, 2.75) is 0 Å². The molecule has 0 spiro atoms. The van der Waals surface area contributed by atoms with Gasteiger partial charge in [0.25, 0.3) is 0 Å². The number of para-hydroxylation sites is 2. The van der Waals surface area contributed by atoms with Crippen molar-refractivity contribution in [3.8, 4) is 22.3 Å². The minimum absolute atomic E-state index is 0.388. The molecular weight excluding hydrogens is 689 g/mol. The fourth-order valence-electron chi connectivity index (χ4n) is 7.76. The first-order valence-corrected chi connectivity index (χ1v) is 19.2. The number of benzene rings is 8. The van der Waals surface area contributed by atoms with E-state index in [9.17, 15) is 5.41 Å². The average molecular weight is 723 g/mol. The summed E-state index contributed by atoms with van der Waals surface area (Å²) in [5.74, 6) is 0. The summed E-state index contributed by atoms with van der Waals surface area (Å²) in [6, 6.07) is 64.2. The van der Waals surface area contributed by atoms with Gasteiger partial charge in [0.1, 0.15) is 5.71 Å². The van der Waals surface area contributed by atoms with Gasteiger partial charge in [-0.05, 0) is 87.6 Å². The van der Waals surface area contributed by atoms with Crippen LogP contribution in [0.2, 0.25) is 0 Å². The molecule has 0 saturated carbocycles. The topological polar surface area (TPSA) is 51.5 Å². The van der Waals surface area contributed by atoms with E-state index in [2.05, 4.69) is 173 Å². The van der Waals surface area contributed by atoms with Gasteiger partial charge in [-0.25, -0.2) is 0 Å². The summed E-state index contributed by atoms with van der Waals surface area (Å²) in [4.78, 5) is 2.38. The Morgan fingerprint density at radius 3 is 2.02 bits per heavy atom. The molecule has 8 aromatic carbocycles. The van der Waals surface area contributed by atoms with Gasteiger partial charge in [0, 0.05) is 42.7 Å². The Hall–Kier alpha value is -7.08. The summed E-state index contributed by atoms with van der Waals surface area (Å²) in [6.45, 7) is 0. The molecule has 0 amide bonds. The van der Waals surface area contributed by atoms with E-state index in [1.54, 1.807) is 0 Å². The van der Waals surface area contributed by atoms with Crippen molar-refractivity contribution in [2.75, 3.05) is 10.3 Å². The smallest absolute Gasteiger partial charge is 0.109 e. The summed E-state index contributed by atoms with van der Waals surface area (Å²) in [5.41, 5.74) is 14.7. The van der Waals surface area contributed by atoms with Crippen molar-refractivity contribution in [1.29, 1.82) is 5.41 Å². The minimum atomic E-state index is 0.388. The third kappa shape index (κ3) is 5.88. The second-order valence-electron chi connectivity index (χ2n) is 13.7. The molecule has 1 aliphatic carbocycles. The van der Waals surface area contributed by atoms with Crippen LogP contribution in [-0.4, -0.2) is 11.4 Å². The third-order valence-electron chi connectivity index (χ3n) is 10.4. The number of nitrogens with zero attached hydrogens (tertiary/aromatic N) is 2. The molecule has 0 radical (unpaired) electrons. The van der Waals surface area contributed by atoms with Gasteiger partial charge in [0.15, 0.2) is 0 Å². The lowest BCUT2D eigenvalue weighted by atomic mass is 9.89. The highest BCUT2D eigenvalue weighted by atomic mass is 32.1. The van der Waals surface area contributed by atoms with Crippen LogP contribution in [0.25, 0.3) is 59.3 Å². The van der Waals surface area contributed by atoms with Crippen molar-refractivity contribution in [2.24, 2.45) is 5.10 Å². The van der Waals surface area contributed by atoms with Crippen LogP contribution in [0.3, 0.4) is 0 Å². The maximum atomic E-state index is 9.44. The van der Waals surface area contributed by atoms with E-state index >= 15 is 0 Å². The molecule has 2 N–H and O–H groups in total. The van der Waals surface area contributed by atoms with Gasteiger partial charge in [-0.15, -0.1) is 11.3 Å². The Morgan fingerprint density at radius 2 is 1.16 bits per heavy atom. The molecule has 0 atom stereocenters.